The molecule has 0 amide bonds. The molecule has 2 nitrogen and oxygen atoms in total. The van der Waals surface area contributed by atoms with Crippen LogP contribution in [0.15, 0.2) is 0 Å². The zero-order valence-electron chi connectivity index (χ0n) is 8.30. The van der Waals surface area contributed by atoms with Crippen LogP contribution in [-0.4, -0.2) is 35.4 Å². The fourth-order valence-electron chi connectivity index (χ4n) is 1.06. The Kier molecular flexibility index (Phi) is 7.61. The van der Waals surface area contributed by atoms with Crippen molar-refractivity contribution in [2.75, 3.05) is 25.4 Å². The topological polar surface area (TPSA) is 20.3 Å². The average Bonchev–Trinajstić information content (AvgIpc) is 2.02. The smallest absolute Gasteiger partial charge is 0.185 e. The molecule has 3 heteroatoms. The Labute approximate surface area is 79.7 Å². The van der Waals surface area contributed by atoms with E-state index < -0.39 is 0 Å². The summed E-state index contributed by atoms with van der Waals surface area (Å²) in [5.74, 6) is 0.934. The van der Waals surface area contributed by atoms with Crippen molar-refractivity contribution in [1.82, 2.24) is 4.90 Å². The summed E-state index contributed by atoms with van der Waals surface area (Å²) in [7, 11) is 0. The van der Waals surface area contributed by atoms with Crippen LogP contribution in [0.4, 0.5) is 0 Å². The van der Waals surface area contributed by atoms with E-state index in [1.54, 1.807) is 6.92 Å². The van der Waals surface area contributed by atoms with Gasteiger partial charge in [0.2, 0.25) is 0 Å². The molecule has 0 unspecified atom stereocenters. The van der Waals surface area contributed by atoms with E-state index in [0.717, 1.165) is 25.4 Å². The highest BCUT2D eigenvalue weighted by Crippen LogP contribution is 2.02. The Balaban J connectivity index is 3.37. The number of carbonyl (C=O) groups is 1. The van der Waals surface area contributed by atoms with E-state index in [2.05, 4.69) is 18.7 Å². The lowest BCUT2D eigenvalue weighted by atomic mass is 10.4. The van der Waals surface area contributed by atoms with Crippen molar-refractivity contribution in [2.45, 2.75) is 27.2 Å². The maximum absolute atomic E-state index is 10.6. The highest BCUT2D eigenvalue weighted by atomic mass is 32.2. The van der Waals surface area contributed by atoms with Crippen LogP contribution in [0.2, 0.25) is 0 Å². The first-order chi connectivity index (χ1) is 5.70. The average molecular weight is 189 g/mol. The monoisotopic (exact) mass is 189 g/mol. The highest BCUT2D eigenvalue weighted by Gasteiger charge is 2.01. The molecule has 0 aliphatic heterocycles. The minimum absolute atomic E-state index is 0.225. The van der Waals surface area contributed by atoms with Crippen molar-refractivity contribution >= 4 is 16.9 Å². The van der Waals surface area contributed by atoms with Gasteiger partial charge < -0.3 is 4.90 Å². The Bertz CT molecular complexity index is 128. The first kappa shape index (κ1) is 12.0. The summed E-state index contributed by atoms with van der Waals surface area (Å²) in [5, 5.41) is 0.225. The summed E-state index contributed by atoms with van der Waals surface area (Å²) in [5.41, 5.74) is 0. The molecule has 0 radical (unpaired) electrons. The third kappa shape index (κ3) is 6.68. The third-order valence-corrected chi connectivity index (χ3v) is 2.49. The lowest BCUT2D eigenvalue weighted by Crippen LogP contribution is -2.26. The van der Waals surface area contributed by atoms with Gasteiger partial charge in [0, 0.05) is 19.2 Å². The van der Waals surface area contributed by atoms with Gasteiger partial charge in [0.15, 0.2) is 5.12 Å². The van der Waals surface area contributed by atoms with E-state index in [4.69, 9.17) is 0 Å². The van der Waals surface area contributed by atoms with Gasteiger partial charge in [0.05, 0.1) is 0 Å². The molecule has 12 heavy (non-hydrogen) atoms. The van der Waals surface area contributed by atoms with Crippen molar-refractivity contribution in [3.05, 3.63) is 0 Å². The minimum atomic E-state index is 0.225. The molecule has 0 spiro atoms. The van der Waals surface area contributed by atoms with E-state index in [1.807, 2.05) is 0 Å². The maximum Gasteiger partial charge on any atom is 0.185 e. The molecule has 0 rings (SSSR count). The van der Waals surface area contributed by atoms with Gasteiger partial charge in [-0.2, -0.15) is 0 Å². The zero-order chi connectivity index (χ0) is 9.40. The summed E-state index contributed by atoms with van der Waals surface area (Å²) in [6.07, 6.45) is 1.19. The Morgan fingerprint density at radius 3 is 2.42 bits per heavy atom. The number of thioether (sulfide) groups is 1. The SMILES string of the molecule is CCCN(CC)CCSC(C)=O. The Morgan fingerprint density at radius 2 is 2.00 bits per heavy atom. The highest BCUT2D eigenvalue weighted by molar-refractivity contribution is 8.13. The van der Waals surface area contributed by atoms with Gasteiger partial charge in [-0.25, -0.2) is 0 Å². The largest absolute Gasteiger partial charge is 0.303 e. The Morgan fingerprint density at radius 1 is 1.33 bits per heavy atom. The molecular weight excluding hydrogens is 170 g/mol. The molecule has 0 fully saturated rings. The van der Waals surface area contributed by atoms with Gasteiger partial charge in [-0.05, 0) is 19.5 Å². The first-order valence-electron chi connectivity index (χ1n) is 4.56. The summed E-state index contributed by atoms with van der Waals surface area (Å²) < 4.78 is 0. The van der Waals surface area contributed by atoms with E-state index in [-0.39, 0.29) is 5.12 Å². The van der Waals surface area contributed by atoms with Crippen LogP contribution in [0.3, 0.4) is 0 Å². The fourth-order valence-corrected chi connectivity index (χ4v) is 1.70. The molecule has 0 saturated carbocycles. The number of hydrogen-bond acceptors (Lipinski definition) is 3. The van der Waals surface area contributed by atoms with Crippen molar-refractivity contribution in [3.8, 4) is 0 Å². The van der Waals surface area contributed by atoms with E-state index in [1.165, 1.54) is 18.2 Å². The van der Waals surface area contributed by atoms with E-state index in [0.29, 0.717) is 0 Å². The van der Waals surface area contributed by atoms with Gasteiger partial charge in [0.25, 0.3) is 0 Å². The van der Waals surface area contributed by atoms with Crippen LogP contribution in [0.25, 0.3) is 0 Å². The second-order valence-corrected chi connectivity index (χ2v) is 4.05. The van der Waals surface area contributed by atoms with Gasteiger partial charge in [-0.15, -0.1) is 0 Å². The van der Waals surface area contributed by atoms with Crippen LogP contribution in [-0.2, 0) is 4.79 Å². The molecule has 0 aromatic heterocycles. The summed E-state index contributed by atoms with van der Waals surface area (Å²) in [6.45, 7) is 9.24. The lowest BCUT2D eigenvalue weighted by Gasteiger charge is -2.18. The van der Waals surface area contributed by atoms with Gasteiger partial charge in [0.1, 0.15) is 0 Å². The lowest BCUT2D eigenvalue weighted by molar-refractivity contribution is -0.109. The van der Waals surface area contributed by atoms with Crippen LogP contribution in [0, 0.1) is 0 Å². The molecule has 0 atom stereocenters. The Hall–Kier alpha value is -0.0200. The van der Waals surface area contributed by atoms with Crippen molar-refractivity contribution in [3.63, 3.8) is 0 Å². The van der Waals surface area contributed by atoms with E-state index in [9.17, 15) is 4.79 Å². The predicted molar refractivity (Wildman–Crippen MR) is 55.5 cm³/mol. The molecule has 0 N–H and O–H groups in total. The molecular formula is C9H19NOS. The zero-order valence-corrected chi connectivity index (χ0v) is 9.12. The number of hydrogen-bond donors (Lipinski definition) is 0. The molecule has 72 valence electrons. The predicted octanol–water partition coefficient (Wildman–Crippen LogP) is 2.00. The first-order valence-corrected chi connectivity index (χ1v) is 5.55. The summed E-state index contributed by atoms with van der Waals surface area (Å²) >= 11 is 1.42. The maximum atomic E-state index is 10.6. The molecule has 0 bridgehead atoms. The van der Waals surface area contributed by atoms with Crippen molar-refractivity contribution in [2.24, 2.45) is 0 Å². The number of nitrogens with zero attached hydrogens (tertiary/aromatic N) is 1. The minimum Gasteiger partial charge on any atom is -0.303 e. The molecule has 0 heterocycles. The molecule has 0 aromatic carbocycles. The molecule has 0 aliphatic rings. The number of carbonyl (C=O) groups excluding carboxylic acids is 1. The van der Waals surface area contributed by atoms with Gasteiger partial charge in [-0.1, -0.05) is 25.6 Å². The molecule has 0 aliphatic carbocycles. The van der Waals surface area contributed by atoms with Crippen molar-refractivity contribution in [1.29, 1.82) is 0 Å². The van der Waals surface area contributed by atoms with Gasteiger partial charge >= 0.3 is 0 Å². The molecule has 0 saturated heterocycles. The van der Waals surface area contributed by atoms with E-state index >= 15 is 0 Å². The van der Waals surface area contributed by atoms with Crippen molar-refractivity contribution < 1.29 is 4.79 Å². The quantitative estimate of drug-likeness (QED) is 0.637. The summed E-state index contributed by atoms with van der Waals surface area (Å²) in [6, 6.07) is 0. The fraction of sp³-hybridized carbons (Fsp3) is 0.889. The van der Waals surface area contributed by atoms with Crippen LogP contribution in [0.5, 0.6) is 0 Å². The third-order valence-electron chi connectivity index (χ3n) is 1.70. The second-order valence-electron chi connectivity index (χ2n) is 2.77. The van der Waals surface area contributed by atoms with Crippen LogP contribution < -0.4 is 0 Å². The number of rotatable bonds is 6. The van der Waals surface area contributed by atoms with Gasteiger partial charge in [-0.3, -0.25) is 4.79 Å². The van der Waals surface area contributed by atoms with Crippen LogP contribution in [0.1, 0.15) is 27.2 Å². The van der Waals surface area contributed by atoms with Crippen LogP contribution >= 0.6 is 11.8 Å². The summed E-state index contributed by atoms with van der Waals surface area (Å²) in [4.78, 5) is 13.0. The molecule has 0 aromatic rings. The normalized spacial score (nSPS) is 10.7. The second kappa shape index (κ2) is 7.62. The standard InChI is InChI=1S/C9H19NOS/c1-4-6-10(5-2)7-8-12-9(3)11/h4-8H2,1-3H3.